The number of halogens is 1. The zero-order valence-electron chi connectivity index (χ0n) is 10.6. The zero-order chi connectivity index (χ0) is 13.9. The summed E-state index contributed by atoms with van der Waals surface area (Å²) in [7, 11) is 0. The number of carbonyl (C=O) groups is 2. The predicted molar refractivity (Wildman–Crippen MR) is 72.7 cm³/mol. The summed E-state index contributed by atoms with van der Waals surface area (Å²) >= 11 is 3.40. The summed E-state index contributed by atoms with van der Waals surface area (Å²) in [5.41, 5.74) is 2.40. The van der Waals surface area contributed by atoms with Gasteiger partial charge in [-0.05, 0) is 37.1 Å². The number of benzene rings is 1. The molecule has 0 aliphatic heterocycles. The molecule has 1 amide bonds. The van der Waals surface area contributed by atoms with Crippen LogP contribution in [0.4, 0.5) is 0 Å². The van der Waals surface area contributed by atoms with E-state index in [1.807, 2.05) is 19.9 Å². The molecule has 0 fully saturated rings. The van der Waals surface area contributed by atoms with E-state index < -0.39 is 11.9 Å². The van der Waals surface area contributed by atoms with E-state index in [0.29, 0.717) is 5.56 Å². The standard InChI is InChI=1S/C13H16BrNO3/c1-7-5-11(14)8(2)4-10(7)12(16)15-6-9(3)13(17)18/h4-5,9H,6H2,1-3H3,(H,15,16)(H,17,18). The highest BCUT2D eigenvalue weighted by Gasteiger charge is 2.15. The Labute approximate surface area is 115 Å². The summed E-state index contributed by atoms with van der Waals surface area (Å²) < 4.78 is 0.954. The molecular formula is C13H16BrNO3. The molecule has 0 heterocycles. The molecule has 0 bridgehead atoms. The lowest BCUT2D eigenvalue weighted by atomic mass is 10.0. The van der Waals surface area contributed by atoms with Crippen LogP contribution in [0.25, 0.3) is 0 Å². The molecule has 2 N–H and O–H groups in total. The van der Waals surface area contributed by atoms with Gasteiger partial charge in [-0.15, -0.1) is 0 Å². The highest BCUT2D eigenvalue weighted by Crippen LogP contribution is 2.20. The van der Waals surface area contributed by atoms with E-state index in [1.54, 1.807) is 13.0 Å². The molecule has 0 radical (unpaired) electrons. The topological polar surface area (TPSA) is 66.4 Å². The first kappa shape index (κ1) is 14.7. The SMILES string of the molecule is Cc1cc(C(=O)NCC(C)C(=O)O)c(C)cc1Br. The molecule has 0 saturated carbocycles. The third-order valence-electron chi connectivity index (χ3n) is 2.74. The van der Waals surface area contributed by atoms with E-state index >= 15 is 0 Å². The normalized spacial score (nSPS) is 12.0. The second-order valence-electron chi connectivity index (χ2n) is 4.37. The van der Waals surface area contributed by atoms with E-state index in [1.165, 1.54) is 0 Å². The zero-order valence-corrected chi connectivity index (χ0v) is 12.2. The van der Waals surface area contributed by atoms with Crippen molar-refractivity contribution in [3.05, 3.63) is 33.3 Å². The number of aryl methyl sites for hydroxylation is 2. The van der Waals surface area contributed by atoms with Crippen LogP contribution in [-0.4, -0.2) is 23.5 Å². The fourth-order valence-corrected chi connectivity index (χ4v) is 1.91. The van der Waals surface area contributed by atoms with Gasteiger partial charge in [-0.3, -0.25) is 9.59 Å². The molecule has 0 spiro atoms. The summed E-state index contributed by atoms with van der Waals surface area (Å²) in [5, 5.41) is 11.4. The minimum atomic E-state index is -0.918. The van der Waals surface area contributed by atoms with E-state index in [9.17, 15) is 9.59 Å². The quantitative estimate of drug-likeness (QED) is 0.897. The highest BCUT2D eigenvalue weighted by atomic mass is 79.9. The maximum atomic E-state index is 11.9. The lowest BCUT2D eigenvalue weighted by molar-refractivity contribution is -0.140. The van der Waals surface area contributed by atoms with Crippen molar-refractivity contribution in [2.75, 3.05) is 6.54 Å². The van der Waals surface area contributed by atoms with Crippen LogP contribution in [0.5, 0.6) is 0 Å². The number of carboxylic acid groups (broad SMARTS) is 1. The van der Waals surface area contributed by atoms with Crippen molar-refractivity contribution in [3.8, 4) is 0 Å². The van der Waals surface area contributed by atoms with Gasteiger partial charge in [-0.25, -0.2) is 0 Å². The summed E-state index contributed by atoms with van der Waals surface area (Å²) in [5.74, 6) is -1.75. The first-order valence-electron chi connectivity index (χ1n) is 5.60. The Kier molecular flexibility index (Phi) is 4.90. The molecule has 4 nitrogen and oxygen atoms in total. The Balaban J connectivity index is 2.79. The van der Waals surface area contributed by atoms with Gasteiger partial charge in [0, 0.05) is 16.6 Å². The van der Waals surface area contributed by atoms with Crippen molar-refractivity contribution in [2.45, 2.75) is 20.8 Å². The molecule has 5 heteroatoms. The van der Waals surface area contributed by atoms with E-state index in [-0.39, 0.29) is 12.5 Å². The molecule has 0 aliphatic rings. The average molecular weight is 314 g/mol. The van der Waals surface area contributed by atoms with Crippen molar-refractivity contribution in [1.82, 2.24) is 5.32 Å². The van der Waals surface area contributed by atoms with Crippen molar-refractivity contribution in [3.63, 3.8) is 0 Å². The maximum absolute atomic E-state index is 11.9. The van der Waals surface area contributed by atoms with Crippen molar-refractivity contribution >= 4 is 27.8 Å². The molecule has 0 aliphatic carbocycles. The first-order chi connectivity index (χ1) is 8.32. The van der Waals surface area contributed by atoms with E-state index in [4.69, 9.17) is 5.11 Å². The third kappa shape index (κ3) is 3.57. The van der Waals surface area contributed by atoms with Crippen molar-refractivity contribution in [1.29, 1.82) is 0 Å². The molecular weight excluding hydrogens is 298 g/mol. The fraction of sp³-hybridized carbons (Fsp3) is 0.385. The van der Waals surface area contributed by atoms with Crippen LogP contribution in [-0.2, 0) is 4.79 Å². The molecule has 98 valence electrons. The van der Waals surface area contributed by atoms with Crippen molar-refractivity contribution in [2.24, 2.45) is 5.92 Å². The lowest BCUT2D eigenvalue weighted by Gasteiger charge is -2.11. The van der Waals surface area contributed by atoms with Gasteiger partial charge in [0.15, 0.2) is 0 Å². The number of hydrogen-bond donors (Lipinski definition) is 2. The monoisotopic (exact) mass is 313 g/mol. The van der Waals surface area contributed by atoms with Gasteiger partial charge < -0.3 is 10.4 Å². The summed E-state index contributed by atoms with van der Waals surface area (Å²) in [6.45, 7) is 5.44. The molecule has 1 rings (SSSR count). The van der Waals surface area contributed by atoms with Crippen LogP contribution in [0.15, 0.2) is 16.6 Å². The largest absolute Gasteiger partial charge is 0.481 e. The van der Waals surface area contributed by atoms with Crippen LogP contribution < -0.4 is 5.32 Å². The number of carboxylic acids is 1. The molecule has 1 aromatic rings. The predicted octanol–water partition coefficient (Wildman–Crippen LogP) is 2.52. The van der Waals surface area contributed by atoms with E-state index in [2.05, 4.69) is 21.2 Å². The summed E-state index contributed by atoms with van der Waals surface area (Å²) in [6, 6.07) is 3.67. The minimum Gasteiger partial charge on any atom is -0.481 e. The maximum Gasteiger partial charge on any atom is 0.308 e. The van der Waals surface area contributed by atoms with Gasteiger partial charge in [-0.2, -0.15) is 0 Å². The van der Waals surface area contributed by atoms with Crippen LogP contribution in [0.3, 0.4) is 0 Å². The Morgan fingerprint density at radius 1 is 1.33 bits per heavy atom. The molecule has 18 heavy (non-hydrogen) atoms. The smallest absolute Gasteiger partial charge is 0.308 e. The Hall–Kier alpha value is -1.36. The first-order valence-corrected chi connectivity index (χ1v) is 6.40. The average Bonchev–Trinajstić information content (AvgIpc) is 2.30. The number of carbonyl (C=O) groups excluding carboxylic acids is 1. The summed E-state index contributed by atoms with van der Waals surface area (Å²) in [6.07, 6.45) is 0. The van der Waals surface area contributed by atoms with Gasteiger partial charge in [0.25, 0.3) is 5.91 Å². The number of nitrogens with one attached hydrogen (secondary N) is 1. The molecule has 1 unspecified atom stereocenters. The van der Waals surface area contributed by atoms with Crippen LogP contribution >= 0.6 is 15.9 Å². The van der Waals surface area contributed by atoms with Crippen LogP contribution in [0.1, 0.15) is 28.4 Å². The Morgan fingerprint density at radius 3 is 2.50 bits per heavy atom. The Morgan fingerprint density at radius 2 is 1.94 bits per heavy atom. The Bertz CT molecular complexity index is 485. The molecule has 1 aromatic carbocycles. The van der Waals surface area contributed by atoms with Gasteiger partial charge >= 0.3 is 5.97 Å². The van der Waals surface area contributed by atoms with Crippen LogP contribution in [0.2, 0.25) is 0 Å². The van der Waals surface area contributed by atoms with E-state index in [0.717, 1.165) is 15.6 Å². The fourth-order valence-electron chi connectivity index (χ4n) is 1.45. The molecule has 1 atom stereocenters. The van der Waals surface area contributed by atoms with Gasteiger partial charge in [-0.1, -0.05) is 22.9 Å². The van der Waals surface area contributed by atoms with Gasteiger partial charge in [0.1, 0.15) is 0 Å². The van der Waals surface area contributed by atoms with Crippen molar-refractivity contribution < 1.29 is 14.7 Å². The van der Waals surface area contributed by atoms with Gasteiger partial charge in [0.2, 0.25) is 0 Å². The minimum absolute atomic E-state index is 0.128. The van der Waals surface area contributed by atoms with Crippen LogP contribution in [0, 0.1) is 19.8 Å². The number of hydrogen-bond acceptors (Lipinski definition) is 2. The lowest BCUT2D eigenvalue weighted by Crippen LogP contribution is -2.31. The third-order valence-corrected chi connectivity index (χ3v) is 3.59. The number of rotatable bonds is 4. The highest BCUT2D eigenvalue weighted by molar-refractivity contribution is 9.10. The summed E-state index contributed by atoms with van der Waals surface area (Å²) in [4.78, 5) is 22.6. The number of aliphatic carboxylic acids is 1. The number of amides is 1. The second-order valence-corrected chi connectivity index (χ2v) is 5.22. The molecule has 0 saturated heterocycles. The molecule has 0 aromatic heterocycles. The second kappa shape index (κ2) is 6.00. The van der Waals surface area contributed by atoms with Gasteiger partial charge in [0.05, 0.1) is 5.92 Å².